The summed E-state index contributed by atoms with van der Waals surface area (Å²) >= 11 is 0. The Balaban J connectivity index is -0.0000000873. The number of aliphatic hydroxyl groups excluding tert-OH is 4. The van der Waals surface area contributed by atoms with Crippen LogP contribution in [0.15, 0.2) is 0 Å². The van der Waals surface area contributed by atoms with E-state index in [9.17, 15) is 0 Å². The number of unbranched alkanes of at least 4 members (excludes halogenated alkanes) is 12. The smallest absolute Gasteiger partial charge is 0.0431 e. The van der Waals surface area contributed by atoms with E-state index < -0.39 is 0 Å². The second kappa shape index (κ2) is 51.2. The van der Waals surface area contributed by atoms with Crippen LogP contribution in [-0.2, 0) is 18.6 Å². The first kappa shape index (κ1) is 39.9. The molecule has 0 fully saturated rings. The summed E-state index contributed by atoms with van der Waals surface area (Å²) in [6.45, 7) is 10.1. The van der Waals surface area contributed by atoms with E-state index in [0.29, 0.717) is 26.4 Å². The Morgan fingerprint density at radius 2 is 0.483 bits per heavy atom. The van der Waals surface area contributed by atoms with Gasteiger partial charge in [0.05, 0.1) is 0 Å². The van der Waals surface area contributed by atoms with Gasteiger partial charge in [0.25, 0.3) is 0 Å². The van der Waals surface area contributed by atoms with Crippen LogP contribution in [-0.4, -0.2) is 46.9 Å². The van der Waals surface area contributed by atoms with Crippen molar-refractivity contribution in [2.45, 2.75) is 130 Å². The molecule has 4 N–H and O–H groups in total. The molecule has 0 aliphatic carbocycles. The molecule has 181 valence electrons. The fourth-order valence-corrected chi connectivity index (χ4v) is 2.15. The third kappa shape index (κ3) is 73.6. The van der Waals surface area contributed by atoms with Crippen molar-refractivity contribution in [3.63, 3.8) is 0 Å². The van der Waals surface area contributed by atoms with Gasteiger partial charge in [-0.25, -0.2) is 0 Å². The van der Waals surface area contributed by atoms with Gasteiger partial charge in [-0.2, -0.15) is 0 Å². The molecule has 0 aliphatic rings. The molecule has 0 heterocycles. The third-order valence-corrected chi connectivity index (χ3v) is 4.05. The summed E-state index contributed by atoms with van der Waals surface area (Å²) in [7, 11) is 0. The second-order valence-electron chi connectivity index (χ2n) is 7.14. The van der Waals surface area contributed by atoms with E-state index in [1.54, 1.807) is 0 Å². The zero-order chi connectivity index (χ0) is 22.1. The molecule has 0 atom stereocenters. The van der Waals surface area contributed by atoms with Gasteiger partial charge in [0.1, 0.15) is 0 Å². The molecule has 0 spiro atoms. The van der Waals surface area contributed by atoms with Crippen molar-refractivity contribution in [1.29, 1.82) is 0 Å². The van der Waals surface area contributed by atoms with Crippen LogP contribution >= 0.6 is 0 Å². The molecule has 1 radical (unpaired) electrons. The molecule has 29 heavy (non-hydrogen) atoms. The number of aliphatic hydroxyl groups is 4. The van der Waals surface area contributed by atoms with E-state index >= 15 is 0 Å². The molecule has 0 aromatic rings. The first-order chi connectivity index (χ1) is 13.7. The third-order valence-electron chi connectivity index (χ3n) is 4.05. The zero-order valence-electron chi connectivity index (χ0n) is 20.4. The van der Waals surface area contributed by atoms with Gasteiger partial charge in [0, 0.05) is 45.0 Å². The summed E-state index contributed by atoms with van der Waals surface area (Å²) in [5.74, 6) is 0. The number of hydrogen-bond donors (Lipinski definition) is 4. The predicted molar refractivity (Wildman–Crippen MR) is 125 cm³/mol. The van der Waals surface area contributed by atoms with Crippen molar-refractivity contribution in [3.05, 3.63) is 0 Å². The Bertz CT molecular complexity index is 140. The van der Waals surface area contributed by atoms with Gasteiger partial charge in [-0.1, -0.05) is 105 Å². The average Bonchev–Trinajstić information content (AvgIpc) is 2.71. The van der Waals surface area contributed by atoms with Crippen molar-refractivity contribution < 1.29 is 39.0 Å². The van der Waals surface area contributed by atoms with Gasteiger partial charge in [-0.3, -0.25) is 0 Å². The Morgan fingerprint density at radius 1 is 0.310 bits per heavy atom. The van der Waals surface area contributed by atoms with Crippen LogP contribution < -0.4 is 0 Å². The Hall–Kier alpha value is 0.424. The quantitative estimate of drug-likeness (QED) is 0.206. The van der Waals surface area contributed by atoms with E-state index in [2.05, 4.69) is 27.7 Å². The van der Waals surface area contributed by atoms with Crippen LogP contribution in [0.25, 0.3) is 0 Å². The van der Waals surface area contributed by atoms with E-state index in [4.69, 9.17) is 20.4 Å². The molecule has 5 heteroatoms. The average molecular weight is 460 g/mol. The Labute approximate surface area is 195 Å². The van der Waals surface area contributed by atoms with Gasteiger partial charge >= 0.3 is 0 Å². The molecule has 4 nitrogen and oxygen atoms in total. The molecular weight excluding hydrogens is 403 g/mol. The van der Waals surface area contributed by atoms with Crippen molar-refractivity contribution in [3.8, 4) is 0 Å². The summed E-state index contributed by atoms with van der Waals surface area (Å²) in [6.07, 6.45) is 18.7. The van der Waals surface area contributed by atoms with Crippen LogP contribution in [0.4, 0.5) is 0 Å². The predicted octanol–water partition coefficient (Wildman–Crippen LogP) is 6.23. The SMILES string of the molecule is CCCCCCO.CCCCCCO.CCCCCCO.CCCCCCO.[V]. The minimum absolute atomic E-state index is 0. The summed E-state index contributed by atoms with van der Waals surface area (Å²) in [4.78, 5) is 0. The van der Waals surface area contributed by atoms with E-state index in [1.807, 2.05) is 0 Å². The van der Waals surface area contributed by atoms with Crippen LogP contribution in [0.1, 0.15) is 130 Å². The normalized spacial score (nSPS) is 9.10. The van der Waals surface area contributed by atoms with Gasteiger partial charge < -0.3 is 20.4 Å². The van der Waals surface area contributed by atoms with Crippen LogP contribution in [0, 0.1) is 0 Å². The largest absolute Gasteiger partial charge is 0.396 e. The molecular formula is C24H56O4V. The van der Waals surface area contributed by atoms with Crippen molar-refractivity contribution in [2.24, 2.45) is 0 Å². The standard InChI is InChI=1S/4C6H14O.V/c4*1-2-3-4-5-6-7;/h4*7H,2-6H2,1H3;. The Morgan fingerprint density at radius 3 is 0.586 bits per heavy atom. The minimum atomic E-state index is 0. The summed E-state index contributed by atoms with van der Waals surface area (Å²) in [6, 6.07) is 0. The molecule has 0 saturated carbocycles. The topological polar surface area (TPSA) is 80.9 Å². The van der Waals surface area contributed by atoms with E-state index in [0.717, 1.165) is 25.7 Å². The van der Waals surface area contributed by atoms with Gasteiger partial charge in [0.15, 0.2) is 0 Å². The molecule has 0 bridgehead atoms. The molecule has 0 aromatic heterocycles. The zero-order valence-corrected chi connectivity index (χ0v) is 21.8. The number of rotatable bonds is 16. The van der Waals surface area contributed by atoms with Crippen molar-refractivity contribution in [2.75, 3.05) is 26.4 Å². The monoisotopic (exact) mass is 459 g/mol. The summed E-state index contributed by atoms with van der Waals surface area (Å²) in [5, 5.41) is 33.2. The van der Waals surface area contributed by atoms with Gasteiger partial charge in [-0.05, 0) is 25.7 Å². The maximum absolute atomic E-state index is 8.29. The fraction of sp³-hybridized carbons (Fsp3) is 1.00. The van der Waals surface area contributed by atoms with E-state index in [-0.39, 0.29) is 18.6 Å². The molecule has 0 aromatic carbocycles. The van der Waals surface area contributed by atoms with E-state index in [1.165, 1.54) is 77.0 Å². The van der Waals surface area contributed by atoms with Crippen LogP contribution in [0.2, 0.25) is 0 Å². The van der Waals surface area contributed by atoms with Gasteiger partial charge in [-0.15, -0.1) is 0 Å². The first-order valence-corrected chi connectivity index (χ1v) is 12.1. The molecule has 0 amide bonds. The Kier molecular flexibility index (Phi) is 70.4. The molecule has 0 aliphatic heterocycles. The summed E-state index contributed by atoms with van der Waals surface area (Å²) < 4.78 is 0. The first-order valence-electron chi connectivity index (χ1n) is 12.1. The van der Waals surface area contributed by atoms with Crippen molar-refractivity contribution in [1.82, 2.24) is 0 Å². The van der Waals surface area contributed by atoms with Crippen LogP contribution in [0.5, 0.6) is 0 Å². The van der Waals surface area contributed by atoms with Gasteiger partial charge in [0.2, 0.25) is 0 Å². The second-order valence-corrected chi connectivity index (χ2v) is 7.14. The summed E-state index contributed by atoms with van der Waals surface area (Å²) in [5.41, 5.74) is 0. The maximum atomic E-state index is 8.29. The van der Waals surface area contributed by atoms with Crippen molar-refractivity contribution >= 4 is 0 Å². The van der Waals surface area contributed by atoms with Crippen LogP contribution in [0.3, 0.4) is 0 Å². The molecule has 0 rings (SSSR count). The molecule has 0 unspecified atom stereocenters. The number of hydrogen-bond acceptors (Lipinski definition) is 4. The molecule has 0 saturated heterocycles. The fourth-order valence-electron chi connectivity index (χ4n) is 2.15. The minimum Gasteiger partial charge on any atom is -0.396 e. The maximum Gasteiger partial charge on any atom is 0.0431 e.